The molecule has 0 radical (unpaired) electrons. The summed E-state index contributed by atoms with van der Waals surface area (Å²) >= 11 is 0. The number of likely N-dealkylation sites (tertiary alicyclic amines) is 1. The van der Waals surface area contributed by atoms with E-state index in [0.29, 0.717) is 23.7 Å². The third-order valence-corrected chi connectivity index (χ3v) is 4.17. The summed E-state index contributed by atoms with van der Waals surface area (Å²) in [6.45, 7) is 4.99. The van der Waals surface area contributed by atoms with E-state index in [0.717, 1.165) is 24.8 Å². The van der Waals surface area contributed by atoms with Gasteiger partial charge >= 0.3 is 5.97 Å². The van der Waals surface area contributed by atoms with Crippen LogP contribution >= 0.6 is 0 Å². The van der Waals surface area contributed by atoms with E-state index < -0.39 is 11.9 Å². The summed E-state index contributed by atoms with van der Waals surface area (Å²) in [4.78, 5) is 18.2. The van der Waals surface area contributed by atoms with Crippen molar-refractivity contribution in [3.05, 3.63) is 35.5 Å². The highest BCUT2D eigenvalue weighted by Crippen LogP contribution is 2.20. The molecular formula is C16H20FN3O2. The number of hydrogen-bond acceptors (Lipinski definition) is 4. The van der Waals surface area contributed by atoms with Crippen molar-refractivity contribution >= 4 is 11.6 Å². The van der Waals surface area contributed by atoms with E-state index in [-0.39, 0.29) is 0 Å². The predicted octanol–water partition coefficient (Wildman–Crippen LogP) is 2.49. The lowest BCUT2D eigenvalue weighted by molar-refractivity contribution is 0.0602. The Bertz CT molecular complexity index is 698. The van der Waals surface area contributed by atoms with E-state index in [1.54, 1.807) is 12.3 Å². The van der Waals surface area contributed by atoms with Crippen LogP contribution in [0.4, 0.5) is 4.39 Å². The number of ether oxygens (including phenoxy) is 1. The molecule has 118 valence electrons. The fraction of sp³-hybridized carbons (Fsp3) is 0.500. The summed E-state index contributed by atoms with van der Waals surface area (Å²) in [5.41, 5.74) is 1.48. The number of hydrogen-bond donors (Lipinski definition) is 0. The Kier molecular flexibility index (Phi) is 4.11. The van der Waals surface area contributed by atoms with Gasteiger partial charge in [-0.2, -0.15) is 4.39 Å². The van der Waals surface area contributed by atoms with Gasteiger partial charge in [0.05, 0.1) is 13.3 Å². The molecule has 3 heterocycles. The second-order valence-corrected chi connectivity index (χ2v) is 6.01. The smallest absolute Gasteiger partial charge is 0.341 e. The molecule has 0 N–H and O–H groups in total. The Hall–Kier alpha value is -1.95. The Labute approximate surface area is 128 Å². The van der Waals surface area contributed by atoms with Crippen molar-refractivity contribution in [2.24, 2.45) is 5.92 Å². The number of methoxy groups -OCH3 is 1. The second-order valence-electron chi connectivity index (χ2n) is 6.01. The molecule has 0 unspecified atom stereocenters. The quantitative estimate of drug-likeness (QED) is 0.817. The average Bonchev–Trinajstić information content (AvgIpc) is 2.87. The normalized spacial score (nSPS) is 19.5. The Morgan fingerprint density at radius 1 is 1.55 bits per heavy atom. The van der Waals surface area contributed by atoms with Crippen LogP contribution in [-0.2, 0) is 11.3 Å². The second kappa shape index (κ2) is 6.04. The van der Waals surface area contributed by atoms with Crippen molar-refractivity contribution in [2.75, 3.05) is 20.2 Å². The van der Waals surface area contributed by atoms with Gasteiger partial charge < -0.3 is 4.74 Å². The molecule has 0 saturated carbocycles. The van der Waals surface area contributed by atoms with E-state index in [9.17, 15) is 9.18 Å². The first-order valence-corrected chi connectivity index (χ1v) is 7.54. The first-order valence-electron chi connectivity index (χ1n) is 7.54. The van der Waals surface area contributed by atoms with Crippen molar-refractivity contribution in [3.8, 4) is 0 Å². The van der Waals surface area contributed by atoms with Crippen molar-refractivity contribution in [1.82, 2.24) is 14.3 Å². The van der Waals surface area contributed by atoms with Gasteiger partial charge in [-0.25, -0.2) is 9.78 Å². The summed E-state index contributed by atoms with van der Waals surface area (Å²) in [5.74, 6) is -0.305. The molecule has 3 rings (SSSR count). The molecule has 6 heteroatoms. The third-order valence-electron chi connectivity index (χ3n) is 4.17. The van der Waals surface area contributed by atoms with Gasteiger partial charge in [-0.05, 0) is 36.9 Å². The molecule has 1 fully saturated rings. The maximum Gasteiger partial charge on any atom is 0.341 e. The average molecular weight is 305 g/mol. The van der Waals surface area contributed by atoms with E-state index in [1.165, 1.54) is 24.4 Å². The van der Waals surface area contributed by atoms with Gasteiger partial charge in [-0.15, -0.1) is 0 Å². The van der Waals surface area contributed by atoms with Crippen molar-refractivity contribution < 1.29 is 13.9 Å². The zero-order valence-corrected chi connectivity index (χ0v) is 12.9. The third kappa shape index (κ3) is 2.83. The zero-order chi connectivity index (χ0) is 15.7. The van der Waals surface area contributed by atoms with E-state index in [1.807, 2.05) is 0 Å². The monoisotopic (exact) mass is 305 g/mol. The summed E-state index contributed by atoms with van der Waals surface area (Å²) in [7, 11) is 1.32. The molecule has 0 spiro atoms. The van der Waals surface area contributed by atoms with E-state index in [4.69, 9.17) is 4.74 Å². The maximum atomic E-state index is 13.8. The lowest BCUT2D eigenvalue weighted by Crippen LogP contribution is -2.33. The van der Waals surface area contributed by atoms with Crippen molar-refractivity contribution in [2.45, 2.75) is 26.3 Å². The molecule has 5 nitrogen and oxygen atoms in total. The SMILES string of the molecule is COC(=O)c1cc(CN2CCC[C@H](C)C2)cn2c(F)cnc12. The molecule has 0 aliphatic carbocycles. The van der Waals surface area contributed by atoms with Gasteiger partial charge in [0.1, 0.15) is 5.56 Å². The Morgan fingerprint density at radius 2 is 2.36 bits per heavy atom. The minimum atomic E-state index is -0.496. The van der Waals surface area contributed by atoms with Gasteiger partial charge in [-0.1, -0.05) is 6.92 Å². The molecule has 0 amide bonds. The number of aromatic nitrogens is 2. The number of nitrogens with zero attached hydrogens (tertiary/aromatic N) is 3. The van der Waals surface area contributed by atoms with Gasteiger partial charge in [0.2, 0.25) is 5.95 Å². The molecule has 22 heavy (non-hydrogen) atoms. The summed E-state index contributed by atoms with van der Waals surface area (Å²) in [5, 5.41) is 0. The molecule has 0 aromatic carbocycles. The van der Waals surface area contributed by atoms with Crippen LogP contribution in [0.3, 0.4) is 0 Å². The number of carbonyl (C=O) groups is 1. The summed E-state index contributed by atoms with van der Waals surface area (Å²) in [6, 6.07) is 1.76. The molecule has 2 aromatic heterocycles. The number of imidazole rings is 1. The maximum absolute atomic E-state index is 13.8. The highest BCUT2D eigenvalue weighted by atomic mass is 19.1. The standard InChI is InChI=1S/C16H20FN3O2/c1-11-4-3-5-19(8-11)9-12-6-13(16(21)22-2)15-18-7-14(17)20(15)10-12/h6-7,10-11H,3-5,8-9H2,1-2H3/t11-/m0/s1. The first kappa shape index (κ1) is 15.0. The number of halogens is 1. The van der Waals surface area contributed by atoms with Crippen LogP contribution < -0.4 is 0 Å². The minimum Gasteiger partial charge on any atom is -0.465 e. The number of fused-ring (bicyclic) bond motifs is 1. The molecule has 0 bridgehead atoms. The fourth-order valence-electron chi connectivity index (χ4n) is 3.15. The number of rotatable bonds is 3. The molecule has 1 atom stereocenters. The lowest BCUT2D eigenvalue weighted by atomic mass is 10.00. The molecule has 1 aliphatic rings. The van der Waals surface area contributed by atoms with E-state index in [2.05, 4.69) is 16.8 Å². The van der Waals surface area contributed by atoms with Crippen molar-refractivity contribution in [3.63, 3.8) is 0 Å². The molecular weight excluding hydrogens is 285 g/mol. The number of esters is 1. The van der Waals surface area contributed by atoms with E-state index >= 15 is 0 Å². The van der Waals surface area contributed by atoms with Crippen LogP contribution in [0.2, 0.25) is 0 Å². The molecule has 1 saturated heterocycles. The highest BCUT2D eigenvalue weighted by Gasteiger charge is 2.20. The largest absolute Gasteiger partial charge is 0.465 e. The number of pyridine rings is 1. The van der Waals surface area contributed by atoms with Crippen LogP contribution in [0.15, 0.2) is 18.5 Å². The first-order chi connectivity index (χ1) is 10.6. The molecule has 2 aromatic rings. The lowest BCUT2D eigenvalue weighted by Gasteiger charge is -2.30. The summed E-state index contributed by atoms with van der Waals surface area (Å²) in [6.07, 6.45) is 5.25. The highest BCUT2D eigenvalue weighted by molar-refractivity contribution is 5.95. The van der Waals surface area contributed by atoms with Gasteiger partial charge in [0.15, 0.2) is 5.65 Å². The summed E-state index contributed by atoms with van der Waals surface area (Å²) < 4.78 is 20.0. The Balaban J connectivity index is 1.95. The Morgan fingerprint density at radius 3 is 3.09 bits per heavy atom. The van der Waals surface area contributed by atoms with Crippen LogP contribution in [0, 0.1) is 11.9 Å². The predicted molar refractivity (Wildman–Crippen MR) is 80.2 cm³/mol. The zero-order valence-electron chi connectivity index (χ0n) is 12.9. The van der Waals surface area contributed by atoms with Crippen LogP contribution in [0.25, 0.3) is 5.65 Å². The topological polar surface area (TPSA) is 46.8 Å². The minimum absolute atomic E-state index is 0.292. The van der Waals surface area contributed by atoms with Crippen LogP contribution in [0.1, 0.15) is 35.7 Å². The van der Waals surface area contributed by atoms with Crippen molar-refractivity contribution in [1.29, 1.82) is 0 Å². The van der Waals surface area contributed by atoms with Gasteiger partial charge in [0, 0.05) is 19.3 Å². The van der Waals surface area contributed by atoms with Gasteiger partial charge in [0.25, 0.3) is 0 Å². The number of piperidine rings is 1. The van der Waals surface area contributed by atoms with Crippen LogP contribution in [0.5, 0.6) is 0 Å². The number of carbonyl (C=O) groups excluding carboxylic acids is 1. The van der Waals surface area contributed by atoms with Crippen LogP contribution in [-0.4, -0.2) is 40.5 Å². The van der Waals surface area contributed by atoms with Gasteiger partial charge in [-0.3, -0.25) is 9.30 Å². The fourth-order valence-corrected chi connectivity index (χ4v) is 3.15. The molecule has 1 aliphatic heterocycles.